The zero-order valence-corrected chi connectivity index (χ0v) is 9.14. The number of halogens is 1. The number of aryl methyl sites for hydroxylation is 1. The number of morpholine rings is 1. The Kier molecular flexibility index (Phi) is 4.39. The summed E-state index contributed by atoms with van der Waals surface area (Å²) in [4.78, 5) is 0. The van der Waals surface area contributed by atoms with Crippen molar-refractivity contribution in [1.29, 1.82) is 0 Å². The first kappa shape index (κ1) is 11.5. The van der Waals surface area contributed by atoms with Crippen molar-refractivity contribution >= 4 is 12.4 Å². The van der Waals surface area contributed by atoms with E-state index in [1.807, 2.05) is 0 Å². The van der Waals surface area contributed by atoms with Crippen molar-refractivity contribution in [2.75, 3.05) is 19.8 Å². The average Bonchev–Trinajstić information content (AvgIpc) is 2.19. The first-order valence-corrected chi connectivity index (χ1v) is 4.74. The lowest BCUT2D eigenvalue weighted by Gasteiger charge is -2.24. The molecule has 0 aromatic heterocycles. The van der Waals surface area contributed by atoms with Crippen LogP contribution >= 0.6 is 12.4 Å². The van der Waals surface area contributed by atoms with Crippen molar-refractivity contribution in [3.8, 4) is 0 Å². The minimum absolute atomic E-state index is 0. The van der Waals surface area contributed by atoms with E-state index in [4.69, 9.17) is 4.74 Å². The molecular weight excluding hydrogens is 198 g/mol. The van der Waals surface area contributed by atoms with E-state index in [-0.39, 0.29) is 12.4 Å². The van der Waals surface area contributed by atoms with Crippen LogP contribution in [0.3, 0.4) is 0 Å². The molecule has 1 aliphatic heterocycles. The quantitative estimate of drug-likeness (QED) is 0.772. The van der Waals surface area contributed by atoms with Crippen molar-refractivity contribution in [1.82, 2.24) is 5.32 Å². The van der Waals surface area contributed by atoms with Gasteiger partial charge in [0.15, 0.2) is 0 Å². The fourth-order valence-corrected chi connectivity index (χ4v) is 1.67. The van der Waals surface area contributed by atoms with Gasteiger partial charge in [-0.15, -0.1) is 12.4 Å². The van der Waals surface area contributed by atoms with E-state index in [0.717, 1.165) is 19.8 Å². The van der Waals surface area contributed by atoms with Crippen LogP contribution in [-0.4, -0.2) is 19.8 Å². The molecule has 1 aromatic carbocycles. The van der Waals surface area contributed by atoms with Crippen LogP contribution in [0.5, 0.6) is 0 Å². The Morgan fingerprint density at radius 1 is 1.43 bits per heavy atom. The van der Waals surface area contributed by atoms with Crippen molar-refractivity contribution in [3.05, 3.63) is 35.4 Å². The van der Waals surface area contributed by atoms with Crippen molar-refractivity contribution in [2.24, 2.45) is 0 Å². The van der Waals surface area contributed by atoms with Gasteiger partial charge in [-0.1, -0.05) is 29.8 Å². The summed E-state index contributed by atoms with van der Waals surface area (Å²) >= 11 is 0. The Morgan fingerprint density at radius 2 is 2.29 bits per heavy atom. The Bertz CT molecular complexity index is 284. The maximum Gasteiger partial charge on any atom is 0.0662 e. The molecule has 1 aromatic rings. The van der Waals surface area contributed by atoms with E-state index >= 15 is 0 Å². The Morgan fingerprint density at radius 3 is 2.93 bits per heavy atom. The second kappa shape index (κ2) is 5.35. The van der Waals surface area contributed by atoms with Crippen LogP contribution in [0.4, 0.5) is 0 Å². The summed E-state index contributed by atoms with van der Waals surface area (Å²) in [6, 6.07) is 8.97. The number of rotatable bonds is 1. The van der Waals surface area contributed by atoms with Crippen LogP contribution in [-0.2, 0) is 4.74 Å². The maximum absolute atomic E-state index is 5.41. The third kappa shape index (κ3) is 2.71. The van der Waals surface area contributed by atoms with Crippen LogP contribution in [0.2, 0.25) is 0 Å². The highest BCUT2D eigenvalue weighted by molar-refractivity contribution is 5.85. The number of ether oxygens (including phenoxy) is 1. The second-order valence-corrected chi connectivity index (χ2v) is 3.50. The molecule has 1 atom stereocenters. The standard InChI is InChI=1S/C11H15NO.ClH/c1-9-3-2-4-10(7-9)11-8-13-6-5-12-11;/h2-4,7,11-12H,5-6,8H2,1H3;1H/t11-;/m0./s1. The van der Waals surface area contributed by atoms with Crippen molar-refractivity contribution in [2.45, 2.75) is 13.0 Å². The molecule has 0 radical (unpaired) electrons. The number of hydrogen-bond donors (Lipinski definition) is 1. The molecule has 2 nitrogen and oxygen atoms in total. The van der Waals surface area contributed by atoms with Crippen LogP contribution < -0.4 is 5.32 Å². The molecule has 1 heterocycles. The normalized spacial score (nSPS) is 21.4. The predicted molar refractivity (Wildman–Crippen MR) is 60.0 cm³/mol. The minimum Gasteiger partial charge on any atom is -0.378 e. The van der Waals surface area contributed by atoms with Crippen LogP contribution in [0, 0.1) is 6.92 Å². The predicted octanol–water partition coefficient (Wildman–Crippen LogP) is 2.08. The first-order chi connectivity index (χ1) is 6.36. The van der Waals surface area contributed by atoms with Gasteiger partial charge < -0.3 is 10.1 Å². The summed E-state index contributed by atoms with van der Waals surface area (Å²) in [6.07, 6.45) is 0. The lowest BCUT2D eigenvalue weighted by atomic mass is 10.0. The molecular formula is C11H16ClNO. The summed E-state index contributed by atoms with van der Waals surface area (Å²) in [6.45, 7) is 4.71. The van der Waals surface area contributed by atoms with E-state index in [9.17, 15) is 0 Å². The third-order valence-corrected chi connectivity index (χ3v) is 2.37. The van der Waals surface area contributed by atoms with Gasteiger partial charge in [0.05, 0.1) is 19.3 Å². The van der Waals surface area contributed by atoms with Crippen molar-refractivity contribution in [3.63, 3.8) is 0 Å². The van der Waals surface area contributed by atoms with Gasteiger partial charge in [-0.2, -0.15) is 0 Å². The fraction of sp³-hybridized carbons (Fsp3) is 0.455. The lowest BCUT2D eigenvalue weighted by molar-refractivity contribution is 0.0769. The molecule has 1 saturated heterocycles. The van der Waals surface area contributed by atoms with E-state index in [1.165, 1.54) is 11.1 Å². The molecule has 0 aliphatic carbocycles. The molecule has 0 saturated carbocycles. The highest BCUT2D eigenvalue weighted by atomic mass is 35.5. The zero-order valence-electron chi connectivity index (χ0n) is 8.32. The lowest BCUT2D eigenvalue weighted by Crippen LogP contribution is -2.34. The number of benzene rings is 1. The smallest absolute Gasteiger partial charge is 0.0662 e. The number of hydrogen-bond acceptors (Lipinski definition) is 2. The van der Waals surface area contributed by atoms with Gasteiger partial charge >= 0.3 is 0 Å². The summed E-state index contributed by atoms with van der Waals surface area (Å²) in [7, 11) is 0. The van der Waals surface area contributed by atoms with Gasteiger partial charge in [-0.3, -0.25) is 0 Å². The highest BCUT2D eigenvalue weighted by Gasteiger charge is 2.14. The molecule has 14 heavy (non-hydrogen) atoms. The average molecular weight is 214 g/mol. The molecule has 78 valence electrons. The van der Waals surface area contributed by atoms with E-state index in [0.29, 0.717) is 6.04 Å². The van der Waals surface area contributed by atoms with Gasteiger partial charge in [0.1, 0.15) is 0 Å². The van der Waals surface area contributed by atoms with Gasteiger partial charge in [-0.05, 0) is 12.5 Å². The third-order valence-electron chi connectivity index (χ3n) is 2.37. The molecule has 0 amide bonds. The molecule has 0 unspecified atom stereocenters. The maximum atomic E-state index is 5.41. The summed E-state index contributed by atoms with van der Waals surface area (Å²) in [5, 5.41) is 3.44. The summed E-state index contributed by atoms with van der Waals surface area (Å²) in [5.41, 5.74) is 2.64. The second-order valence-electron chi connectivity index (χ2n) is 3.50. The number of nitrogens with one attached hydrogen (secondary N) is 1. The molecule has 1 N–H and O–H groups in total. The van der Waals surface area contributed by atoms with Gasteiger partial charge in [0.25, 0.3) is 0 Å². The Hall–Kier alpha value is -0.570. The molecule has 0 spiro atoms. The van der Waals surface area contributed by atoms with Gasteiger partial charge in [0.2, 0.25) is 0 Å². The molecule has 1 fully saturated rings. The van der Waals surface area contributed by atoms with Crippen LogP contribution in [0.1, 0.15) is 17.2 Å². The summed E-state index contributed by atoms with van der Waals surface area (Å²) < 4.78 is 5.41. The zero-order chi connectivity index (χ0) is 9.10. The van der Waals surface area contributed by atoms with Crippen LogP contribution in [0.15, 0.2) is 24.3 Å². The van der Waals surface area contributed by atoms with Gasteiger partial charge in [-0.25, -0.2) is 0 Å². The van der Waals surface area contributed by atoms with Crippen LogP contribution in [0.25, 0.3) is 0 Å². The largest absolute Gasteiger partial charge is 0.378 e. The molecule has 2 rings (SSSR count). The van der Waals surface area contributed by atoms with Crippen molar-refractivity contribution < 1.29 is 4.74 Å². The van der Waals surface area contributed by atoms with E-state index < -0.39 is 0 Å². The molecule has 0 bridgehead atoms. The fourth-order valence-electron chi connectivity index (χ4n) is 1.67. The Labute approximate surface area is 91.1 Å². The highest BCUT2D eigenvalue weighted by Crippen LogP contribution is 2.16. The monoisotopic (exact) mass is 213 g/mol. The first-order valence-electron chi connectivity index (χ1n) is 4.74. The summed E-state index contributed by atoms with van der Waals surface area (Å²) in [5.74, 6) is 0. The van der Waals surface area contributed by atoms with Gasteiger partial charge in [0, 0.05) is 6.54 Å². The van der Waals surface area contributed by atoms with E-state index in [2.05, 4.69) is 36.5 Å². The molecule has 3 heteroatoms. The van der Waals surface area contributed by atoms with E-state index in [1.54, 1.807) is 0 Å². The topological polar surface area (TPSA) is 21.3 Å². The Balaban J connectivity index is 0.000000980. The minimum atomic E-state index is 0. The SMILES string of the molecule is Cc1cccc([C@@H]2COCCN2)c1.Cl. The molecule has 1 aliphatic rings.